The Labute approximate surface area is 117 Å². The number of esters is 1. The maximum atomic E-state index is 11.8. The number of rotatable bonds is 7. The van der Waals surface area contributed by atoms with E-state index in [9.17, 15) is 14.9 Å². The number of hydrogen-bond acceptors (Lipinski definition) is 6. The molecule has 7 heteroatoms. The first kappa shape index (κ1) is 15.7. The highest BCUT2D eigenvalue weighted by Crippen LogP contribution is 2.17. The quantitative estimate of drug-likeness (QED) is 0.465. The monoisotopic (exact) mass is 282 g/mol. The number of anilines is 1. The van der Waals surface area contributed by atoms with Gasteiger partial charge in [-0.15, -0.1) is 0 Å². The van der Waals surface area contributed by atoms with E-state index in [0.29, 0.717) is 11.4 Å². The van der Waals surface area contributed by atoms with Gasteiger partial charge in [0.2, 0.25) is 6.04 Å². The number of carbonyl (C=O) groups excluding carboxylic acids is 1. The maximum absolute atomic E-state index is 11.8. The molecule has 110 valence electrons. The van der Waals surface area contributed by atoms with Crippen molar-refractivity contribution in [3.8, 4) is 5.75 Å². The van der Waals surface area contributed by atoms with E-state index in [1.54, 1.807) is 38.3 Å². The first-order valence-corrected chi connectivity index (χ1v) is 6.20. The molecule has 7 nitrogen and oxygen atoms in total. The first-order valence-electron chi connectivity index (χ1n) is 6.20. The van der Waals surface area contributed by atoms with Crippen LogP contribution < -0.4 is 10.1 Å². The van der Waals surface area contributed by atoms with E-state index in [2.05, 4.69) is 5.32 Å². The Balaban J connectivity index is 2.87. The van der Waals surface area contributed by atoms with Gasteiger partial charge in [-0.25, -0.2) is 4.79 Å². The van der Waals surface area contributed by atoms with Crippen molar-refractivity contribution in [1.29, 1.82) is 0 Å². The second-order valence-corrected chi connectivity index (χ2v) is 4.13. The maximum Gasteiger partial charge on any atom is 0.335 e. The second-order valence-electron chi connectivity index (χ2n) is 4.13. The Morgan fingerprint density at radius 2 is 2.00 bits per heavy atom. The fraction of sp³-hybridized carbons (Fsp3) is 0.462. The summed E-state index contributed by atoms with van der Waals surface area (Å²) in [4.78, 5) is 22.2. The predicted molar refractivity (Wildman–Crippen MR) is 73.5 cm³/mol. The number of benzene rings is 1. The lowest BCUT2D eigenvalue weighted by atomic mass is 10.1. The van der Waals surface area contributed by atoms with E-state index in [4.69, 9.17) is 9.47 Å². The van der Waals surface area contributed by atoms with Crippen molar-refractivity contribution in [2.24, 2.45) is 0 Å². The minimum atomic E-state index is -1.10. The summed E-state index contributed by atoms with van der Waals surface area (Å²) in [5.74, 6) is 0.0121. The summed E-state index contributed by atoms with van der Waals surface area (Å²) < 4.78 is 9.88. The highest BCUT2D eigenvalue weighted by atomic mass is 16.6. The molecule has 0 bridgehead atoms. The first-order chi connectivity index (χ1) is 9.49. The number of nitrogens with zero attached hydrogens (tertiary/aromatic N) is 1. The standard InChI is InChI=1S/C13H18N2O5/c1-4-20-13(16)12(9(2)15(17)18)14-10-5-7-11(19-3)8-6-10/h5-9,12,14H,4H2,1-3H3/t9-,12-/m1/s1. The third kappa shape index (κ3) is 4.11. The molecule has 0 aliphatic heterocycles. The molecule has 0 saturated carbocycles. The summed E-state index contributed by atoms with van der Waals surface area (Å²) in [6.07, 6.45) is 0. The largest absolute Gasteiger partial charge is 0.497 e. The lowest BCUT2D eigenvalue weighted by molar-refractivity contribution is -0.518. The fourth-order valence-corrected chi connectivity index (χ4v) is 1.60. The van der Waals surface area contributed by atoms with E-state index in [1.807, 2.05) is 0 Å². The molecule has 0 aromatic heterocycles. The van der Waals surface area contributed by atoms with Crippen molar-refractivity contribution in [2.75, 3.05) is 19.0 Å². The average Bonchev–Trinajstić information content (AvgIpc) is 2.44. The lowest BCUT2D eigenvalue weighted by Gasteiger charge is -2.19. The zero-order valence-corrected chi connectivity index (χ0v) is 11.7. The van der Waals surface area contributed by atoms with E-state index >= 15 is 0 Å². The van der Waals surface area contributed by atoms with E-state index in [0.717, 1.165) is 0 Å². The molecule has 0 amide bonds. The number of nitro groups is 1. The van der Waals surface area contributed by atoms with Gasteiger partial charge in [0.1, 0.15) is 5.75 Å². The Morgan fingerprint density at radius 1 is 1.40 bits per heavy atom. The van der Waals surface area contributed by atoms with Crippen molar-refractivity contribution < 1.29 is 19.2 Å². The zero-order chi connectivity index (χ0) is 15.1. The molecule has 1 aromatic rings. The molecule has 1 aromatic carbocycles. The molecule has 0 aliphatic carbocycles. The van der Waals surface area contributed by atoms with Crippen molar-refractivity contribution in [3.63, 3.8) is 0 Å². The van der Waals surface area contributed by atoms with Gasteiger partial charge in [0.25, 0.3) is 0 Å². The van der Waals surface area contributed by atoms with Crippen molar-refractivity contribution in [2.45, 2.75) is 25.9 Å². The molecule has 2 atom stereocenters. The van der Waals surface area contributed by atoms with Crippen LogP contribution >= 0.6 is 0 Å². The fourth-order valence-electron chi connectivity index (χ4n) is 1.60. The third-order valence-corrected chi connectivity index (χ3v) is 2.77. The summed E-state index contributed by atoms with van der Waals surface area (Å²) in [5, 5.41) is 13.7. The van der Waals surface area contributed by atoms with Crippen LogP contribution in [0.25, 0.3) is 0 Å². The molecule has 1 rings (SSSR count). The van der Waals surface area contributed by atoms with Gasteiger partial charge in [-0.1, -0.05) is 0 Å². The van der Waals surface area contributed by atoms with Gasteiger partial charge in [-0.3, -0.25) is 10.1 Å². The van der Waals surface area contributed by atoms with E-state index < -0.39 is 23.0 Å². The summed E-state index contributed by atoms with van der Waals surface area (Å²) in [5.41, 5.74) is 0.581. The van der Waals surface area contributed by atoms with Gasteiger partial charge < -0.3 is 14.8 Å². The smallest absolute Gasteiger partial charge is 0.335 e. The van der Waals surface area contributed by atoms with Crippen LogP contribution in [0, 0.1) is 10.1 Å². The summed E-state index contributed by atoms with van der Waals surface area (Å²) in [6, 6.07) is 4.60. The summed E-state index contributed by atoms with van der Waals surface area (Å²) in [7, 11) is 1.54. The number of nitrogens with one attached hydrogen (secondary N) is 1. The van der Waals surface area contributed by atoms with Crippen molar-refractivity contribution >= 4 is 11.7 Å². The average molecular weight is 282 g/mol. The van der Waals surface area contributed by atoms with Gasteiger partial charge in [0.15, 0.2) is 6.04 Å². The van der Waals surface area contributed by atoms with Gasteiger partial charge in [-0.05, 0) is 31.2 Å². The molecule has 0 unspecified atom stereocenters. The van der Waals surface area contributed by atoms with Gasteiger partial charge >= 0.3 is 5.97 Å². The van der Waals surface area contributed by atoms with Crippen LogP contribution in [-0.4, -0.2) is 36.7 Å². The minimum absolute atomic E-state index is 0.171. The van der Waals surface area contributed by atoms with Crippen molar-refractivity contribution in [1.82, 2.24) is 0 Å². The number of carbonyl (C=O) groups is 1. The molecule has 1 N–H and O–H groups in total. The lowest BCUT2D eigenvalue weighted by Crippen LogP contribution is -2.44. The Morgan fingerprint density at radius 3 is 2.45 bits per heavy atom. The van der Waals surface area contributed by atoms with Crippen LogP contribution in [0.4, 0.5) is 5.69 Å². The Kier molecular flexibility index (Phi) is 5.76. The van der Waals surface area contributed by atoms with E-state index in [-0.39, 0.29) is 6.61 Å². The van der Waals surface area contributed by atoms with E-state index in [1.165, 1.54) is 6.92 Å². The van der Waals surface area contributed by atoms with Crippen LogP contribution in [0.5, 0.6) is 5.75 Å². The summed E-state index contributed by atoms with van der Waals surface area (Å²) in [6.45, 7) is 3.18. The molecule has 20 heavy (non-hydrogen) atoms. The molecule has 0 aliphatic rings. The van der Waals surface area contributed by atoms with Gasteiger partial charge in [-0.2, -0.15) is 0 Å². The minimum Gasteiger partial charge on any atom is -0.497 e. The molecule has 0 fully saturated rings. The molecular weight excluding hydrogens is 264 g/mol. The van der Waals surface area contributed by atoms with Crippen LogP contribution in [-0.2, 0) is 9.53 Å². The van der Waals surface area contributed by atoms with Crippen LogP contribution in [0.15, 0.2) is 24.3 Å². The van der Waals surface area contributed by atoms with Crippen LogP contribution in [0.3, 0.4) is 0 Å². The zero-order valence-electron chi connectivity index (χ0n) is 11.7. The van der Waals surface area contributed by atoms with Crippen molar-refractivity contribution in [3.05, 3.63) is 34.4 Å². The van der Waals surface area contributed by atoms with Gasteiger partial charge in [0.05, 0.1) is 13.7 Å². The topological polar surface area (TPSA) is 90.7 Å². The Bertz CT molecular complexity index is 460. The second kappa shape index (κ2) is 7.32. The normalized spacial score (nSPS) is 13.2. The predicted octanol–water partition coefficient (Wildman–Crippen LogP) is 1.70. The summed E-state index contributed by atoms with van der Waals surface area (Å²) >= 11 is 0. The number of methoxy groups -OCH3 is 1. The van der Waals surface area contributed by atoms with Crippen LogP contribution in [0.2, 0.25) is 0 Å². The highest BCUT2D eigenvalue weighted by Gasteiger charge is 2.34. The Hall–Kier alpha value is -2.31. The SMILES string of the molecule is CCOC(=O)[C@H](Nc1ccc(OC)cc1)[C@@H](C)[N+](=O)[O-]. The van der Waals surface area contributed by atoms with Crippen LogP contribution in [0.1, 0.15) is 13.8 Å². The third-order valence-electron chi connectivity index (χ3n) is 2.77. The number of ether oxygens (including phenoxy) is 2. The molecule has 0 radical (unpaired) electrons. The highest BCUT2D eigenvalue weighted by molar-refractivity contribution is 5.80. The molecule has 0 saturated heterocycles. The molecular formula is C13H18N2O5. The molecule has 0 heterocycles. The molecule has 0 spiro atoms. The van der Waals surface area contributed by atoms with Gasteiger partial charge in [0, 0.05) is 17.5 Å². The number of hydrogen-bond donors (Lipinski definition) is 1.